The van der Waals surface area contributed by atoms with Gasteiger partial charge in [0.1, 0.15) is 5.82 Å². The topological polar surface area (TPSA) is 44.7 Å². The van der Waals surface area contributed by atoms with Gasteiger partial charge >= 0.3 is 0 Å². The first-order chi connectivity index (χ1) is 15.6. The second kappa shape index (κ2) is 8.98. The Kier molecular flexibility index (Phi) is 6.41. The summed E-state index contributed by atoms with van der Waals surface area (Å²) in [7, 11) is 0. The molecule has 1 amide bonds. The molecule has 0 saturated carbocycles. The van der Waals surface area contributed by atoms with Crippen LogP contribution in [0.4, 0.5) is 15.8 Å². The van der Waals surface area contributed by atoms with Crippen molar-refractivity contribution in [3.8, 4) is 0 Å². The van der Waals surface area contributed by atoms with Crippen LogP contribution in [-0.4, -0.2) is 23.2 Å². The van der Waals surface area contributed by atoms with Crippen molar-refractivity contribution in [2.24, 2.45) is 4.99 Å². The molecule has 0 bridgehead atoms. The van der Waals surface area contributed by atoms with Crippen LogP contribution in [0.25, 0.3) is 6.08 Å². The molecule has 174 valence electrons. The average Bonchev–Trinajstić information content (AvgIpc) is 3.07. The van der Waals surface area contributed by atoms with Gasteiger partial charge < -0.3 is 10.2 Å². The SMILES string of the molecule is CCCN1c2cc(F)c(/C=C3/SC(=Nc4ccc(C)c(C)c4)NC3=O)cc2C(C)CC1(C)C. The predicted octanol–water partition coefficient (Wildman–Crippen LogP) is 6.84. The van der Waals surface area contributed by atoms with Gasteiger partial charge in [-0.1, -0.05) is 19.9 Å². The second-order valence-electron chi connectivity index (χ2n) is 9.75. The number of hydrogen-bond acceptors (Lipinski definition) is 4. The summed E-state index contributed by atoms with van der Waals surface area (Å²) in [6, 6.07) is 9.51. The van der Waals surface area contributed by atoms with Gasteiger partial charge in [0.2, 0.25) is 0 Å². The Bertz CT molecular complexity index is 1170. The van der Waals surface area contributed by atoms with Gasteiger partial charge in [0, 0.05) is 23.3 Å². The maximum Gasteiger partial charge on any atom is 0.264 e. The molecule has 1 fully saturated rings. The first kappa shape index (κ1) is 23.6. The summed E-state index contributed by atoms with van der Waals surface area (Å²) in [5, 5.41) is 3.32. The number of nitrogens with zero attached hydrogens (tertiary/aromatic N) is 2. The van der Waals surface area contributed by atoms with E-state index < -0.39 is 0 Å². The second-order valence-corrected chi connectivity index (χ2v) is 10.8. The quantitative estimate of drug-likeness (QED) is 0.503. The van der Waals surface area contributed by atoms with E-state index in [1.807, 2.05) is 31.2 Å². The molecule has 2 aromatic rings. The highest BCUT2D eigenvalue weighted by atomic mass is 32.2. The largest absolute Gasteiger partial charge is 0.366 e. The third-order valence-corrected chi connectivity index (χ3v) is 7.52. The first-order valence-corrected chi connectivity index (χ1v) is 12.4. The predicted molar refractivity (Wildman–Crippen MR) is 138 cm³/mol. The van der Waals surface area contributed by atoms with Crippen molar-refractivity contribution >= 4 is 40.3 Å². The van der Waals surface area contributed by atoms with Crippen LogP contribution in [0.3, 0.4) is 0 Å². The lowest BCUT2D eigenvalue weighted by atomic mass is 9.79. The molecule has 0 aromatic heterocycles. The maximum absolute atomic E-state index is 15.2. The van der Waals surface area contributed by atoms with E-state index in [-0.39, 0.29) is 17.3 Å². The Hall–Kier alpha value is -2.60. The number of hydrogen-bond donors (Lipinski definition) is 1. The van der Waals surface area contributed by atoms with Gasteiger partial charge in [-0.25, -0.2) is 9.38 Å². The van der Waals surface area contributed by atoms with E-state index in [1.165, 1.54) is 17.3 Å². The van der Waals surface area contributed by atoms with Gasteiger partial charge in [0.15, 0.2) is 5.17 Å². The van der Waals surface area contributed by atoms with Crippen LogP contribution in [0.5, 0.6) is 0 Å². The molecule has 1 unspecified atom stereocenters. The number of halogens is 1. The van der Waals surface area contributed by atoms with Gasteiger partial charge in [-0.2, -0.15) is 0 Å². The summed E-state index contributed by atoms with van der Waals surface area (Å²) in [6.07, 6.45) is 3.66. The Balaban J connectivity index is 1.66. The van der Waals surface area contributed by atoms with Gasteiger partial charge in [0.05, 0.1) is 10.6 Å². The molecule has 2 heterocycles. The van der Waals surface area contributed by atoms with Gasteiger partial charge in [-0.05, 0) is 105 Å². The fourth-order valence-corrected chi connectivity index (χ4v) is 5.65. The number of nitrogens with one attached hydrogen (secondary N) is 1. The van der Waals surface area contributed by atoms with E-state index in [2.05, 4.69) is 49.8 Å². The monoisotopic (exact) mass is 465 g/mol. The van der Waals surface area contributed by atoms with Crippen LogP contribution in [0, 0.1) is 19.7 Å². The Labute approximate surface area is 200 Å². The number of aryl methyl sites for hydroxylation is 2. The molecule has 0 spiro atoms. The highest BCUT2D eigenvalue weighted by molar-refractivity contribution is 8.18. The number of amidine groups is 1. The molecule has 4 rings (SSSR count). The van der Waals surface area contributed by atoms with Crippen molar-refractivity contribution in [2.75, 3.05) is 11.4 Å². The molecule has 1 atom stereocenters. The van der Waals surface area contributed by atoms with Crippen LogP contribution in [0.2, 0.25) is 0 Å². The van der Waals surface area contributed by atoms with Crippen molar-refractivity contribution in [3.05, 3.63) is 63.3 Å². The van der Waals surface area contributed by atoms with Gasteiger partial charge in [-0.15, -0.1) is 0 Å². The zero-order chi connectivity index (χ0) is 23.9. The minimum absolute atomic E-state index is 0.0181. The number of carbonyl (C=O) groups is 1. The number of carbonyl (C=O) groups excluding carboxylic acids is 1. The summed E-state index contributed by atoms with van der Waals surface area (Å²) < 4.78 is 15.2. The Morgan fingerprint density at radius 2 is 2.00 bits per heavy atom. The fourth-order valence-electron chi connectivity index (χ4n) is 4.81. The molecular weight excluding hydrogens is 433 g/mol. The molecule has 4 nitrogen and oxygen atoms in total. The minimum atomic E-state index is -0.305. The zero-order valence-electron chi connectivity index (χ0n) is 20.3. The van der Waals surface area contributed by atoms with E-state index in [0.717, 1.165) is 41.9 Å². The van der Waals surface area contributed by atoms with Gasteiger partial charge in [-0.3, -0.25) is 4.79 Å². The fraction of sp³-hybridized carbons (Fsp3) is 0.407. The lowest BCUT2D eigenvalue weighted by Gasteiger charge is -2.47. The van der Waals surface area contributed by atoms with E-state index in [1.54, 1.807) is 12.1 Å². The van der Waals surface area contributed by atoms with Crippen LogP contribution >= 0.6 is 11.8 Å². The third kappa shape index (κ3) is 4.72. The number of thioether (sulfide) groups is 1. The highest BCUT2D eigenvalue weighted by Crippen LogP contribution is 2.44. The lowest BCUT2D eigenvalue weighted by Crippen LogP contribution is -2.48. The number of rotatable bonds is 4. The van der Waals surface area contributed by atoms with E-state index >= 15 is 4.39 Å². The molecule has 1 saturated heterocycles. The molecule has 0 aliphatic carbocycles. The summed E-state index contributed by atoms with van der Waals surface area (Å²) in [5.41, 5.74) is 5.67. The molecule has 33 heavy (non-hydrogen) atoms. The average molecular weight is 466 g/mol. The van der Waals surface area contributed by atoms with Crippen molar-refractivity contribution in [1.82, 2.24) is 5.32 Å². The van der Waals surface area contributed by atoms with Crippen LogP contribution in [0.15, 0.2) is 40.2 Å². The summed E-state index contributed by atoms with van der Waals surface area (Å²) in [6.45, 7) is 13.8. The summed E-state index contributed by atoms with van der Waals surface area (Å²) >= 11 is 1.25. The molecule has 2 aliphatic rings. The van der Waals surface area contributed by atoms with Gasteiger partial charge in [0.25, 0.3) is 5.91 Å². The summed E-state index contributed by atoms with van der Waals surface area (Å²) in [4.78, 5) is 19.9. The number of anilines is 1. The lowest BCUT2D eigenvalue weighted by molar-refractivity contribution is -0.115. The third-order valence-electron chi connectivity index (χ3n) is 6.61. The van der Waals surface area contributed by atoms with Crippen molar-refractivity contribution in [1.29, 1.82) is 0 Å². The smallest absolute Gasteiger partial charge is 0.264 e. The molecule has 0 radical (unpaired) electrons. The zero-order valence-corrected chi connectivity index (χ0v) is 21.1. The van der Waals surface area contributed by atoms with Crippen LogP contribution < -0.4 is 10.2 Å². The summed E-state index contributed by atoms with van der Waals surface area (Å²) in [5.74, 6) is -0.241. The van der Waals surface area contributed by atoms with Crippen LogP contribution in [0.1, 0.15) is 68.7 Å². The van der Waals surface area contributed by atoms with Crippen molar-refractivity contribution in [2.45, 2.75) is 65.8 Å². The molecular formula is C27H32FN3OS. The normalized spacial score (nSPS) is 22.1. The maximum atomic E-state index is 15.2. The standard InChI is InChI=1S/C27H32FN3OS/c1-7-10-31-23-14-22(28)19(12-21(23)18(4)15-27(31,5)6)13-24-25(32)30-26(33-24)29-20-9-8-16(2)17(3)11-20/h8-9,11-14,18H,7,10,15H2,1-6H3,(H,29,30,32)/b24-13+. The molecule has 2 aromatic carbocycles. The molecule has 6 heteroatoms. The Morgan fingerprint density at radius 3 is 2.70 bits per heavy atom. The van der Waals surface area contributed by atoms with E-state index in [0.29, 0.717) is 21.6 Å². The number of benzene rings is 2. The highest BCUT2D eigenvalue weighted by Gasteiger charge is 2.36. The van der Waals surface area contributed by atoms with Crippen molar-refractivity contribution in [3.63, 3.8) is 0 Å². The Morgan fingerprint density at radius 1 is 1.24 bits per heavy atom. The minimum Gasteiger partial charge on any atom is -0.366 e. The van der Waals surface area contributed by atoms with E-state index in [9.17, 15) is 4.79 Å². The number of fused-ring (bicyclic) bond motifs is 1. The first-order valence-electron chi connectivity index (χ1n) is 11.6. The number of amides is 1. The molecule has 2 aliphatic heterocycles. The van der Waals surface area contributed by atoms with Crippen LogP contribution in [-0.2, 0) is 4.79 Å². The van der Waals surface area contributed by atoms with Crippen molar-refractivity contribution < 1.29 is 9.18 Å². The number of aliphatic imine (C=N–C) groups is 1. The van der Waals surface area contributed by atoms with E-state index in [4.69, 9.17) is 0 Å². The molecule has 1 N–H and O–H groups in total.